The number of nitrogens with two attached hydrogens (primary N) is 1. The lowest BCUT2D eigenvalue weighted by molar-refractivity contribution is 0.712. The molecule has 3 N–H and O–H groups in total. The molecular weight excluding hydrogens is 375 g/mol. The molecule has 0 fully saturated rings. The highest BCUT2D eigenvalue weighted by Gasteiger charge is 2.23. The number of anilines is 2. The van der Waals surface area contributed by atoms with Crippen molar-refractivity contribution in [2.75, 3.05) is 17.2 Å². The molecule has 0 saturated carbocycles. The lowest BCUT2D eigenvalue weighted by Gasteiger charge is -2.29. The number of fused-ring (bicyclic) bond motifs is 3. The molecule has 8 nitrogen and oxygen atoms in total. The third-order valence-corrected chi connectivity index (χ3v) is 5.70. The largest absolute Gasteiger partial charge is 0.384 e. The Kier molecular flexibility index (Phi) is 3.58. The summed E-state index contributed by atoms with van der Waals surface area (Å²) in [5, 5.41) is 12.7. The second kappa shape index (κ2) is 6.31. The summed E-state index contributed by atoms with van der Waals surface area (Å²) < 4.78 is 1.59. The molecular formula is C21H17BN8. The van der Waals surface area contributed by atoms with Crippen LogP contribution in [0.1, 0.15) is 11.3 Å². The molecule has 0 saturated heterocycles. The molecule has 0 amide bonds. The zero-order chi connectivity index (χ0) is 20.2. The Labute approximate surface area is 173 Å². The summed E-state index contributed by atoms with van der Waals surface area (Å²) in [5.74, 6) is 1.05. The number of pyridine rings is 1. The summed E-state index contributed by atoms with van der Waals surface area (Å²) in [5.41, 5.74) is 12.5. The van der Waals surface area contributed by atoms with Crippen LogP contribution in [0.25, 0.3) is 27.7 Å². The zero-order valence-corrected chi connectivity index (χ0v) is 16.1. The van der Waals surface area contributed by atoms with Crippen LogP contribution < -0.4 is 16.1 Å². The van der Waals surface area contributed by atoms with Crippen molar-refractivity contribution in [2.24, 2.45) is 0 Å². The van der Waals surface area contributed by atoms with E-state index < -0.39 is 0 Å². The van der Waals surface area contributed by atoms with E-state index >= 15 is 0 Å². The summed E-state index contributed by atoms with van der Waals surface area (Å²) in [4.78, 5) is 11.6. The lowest BCUT2D eigenvalue weighted by Crippen LogP contribution is -2.36. The summed E-state index contributed by atoms with van der Waals surface area (Å²) in [6.45, 7) is 1.46. The molecule has 9 heteroatoms. The molecule has 2 radical (unpaired) electrons. The predicted octanol–water partition coefficient (Wildman–Crippen LogP) is 1.61. The topological polar surface area (TPSA) is 101 Å². The molecule has 4 aromatic heterocycles. The van der Waals surface area contributed by atoms with Crippen molar-refractivity contribution < 1.29 is 0 Å². The average Bonchev–Trinajstić information content (AvgIpc) is 3.42. The van der Waals surface area contributed by atoms with Gasteiger partial charge in [0.1, 0.15) is 19.5 Å². The molecule has 5 heterocycles. The van der Waals surface area contributed by atoms with Crippen LogP contribution in [0.15, 0.2) is 48.9 Å². The molecule has 0 spiro atoms. The van der Waals surface area contributed by atoms with E-state index in [4.69, 9.17) is 18.6 Å². The summed E-state index contributed by atoms with van der Waals surface area (Å²) in [6.07, 6.45) is 6.30. The van der Waals surface area contributed by atoms with E-state index in [9.17, 15) is 0 Å². The van der Waals surface area contributed by atoms with Crippen LogP contribution in [0.5, 0.6) is 0 Å². The van der Waals surface area contributed by atoms with Crippen LogP contribution in [-0.4, -0.2) is 44.2 Å². The lowest BCUT2D eigenvalue weighted by atomic mass is 9.95. The van der Waals surface area contributed by atoms with Crippen molar-refractivity contribution in [3.63, 3.8) is 0 Å². The first-order valence-electron chi connectivity index (χ1n) is 9.73. The van der Waals surface area contributed by atoms with Gasteiger partial charge < -0.3 is 10.6 Å². The van der Waals surface area contributed by atoms with E-state index in [-0.39, 0.29) is 0 Å². The minimum Gasteiger partial charge on any atom is -0.384 e. The van der Waals surface area contributed by atoms with Crippen LogP contribution >= 0.6 is 0 Å². The first-order valence-corrected chi connectivity index (χ1v) is 9.73. The molecule has 6 rings (SSSR count). The van der Waals surface area contributed by atoms with Crippen LogP contribution in [0.3, 0.4) is 0 Å². The van der Waals surface area contributed by atoms with Gasteiger partial charge in [0.15, 0.2) is 5.65 Å². The van der Waals surface area contributed by atoms with Gasteiger partial charge in [0.2, 0.25) is 0 Å². The maximum atomic E-state index is 6.37. The molecule has 5 aromatic rings. The maximum absolute atomic E-state index is 6.37. The normalized spacial score (nSPS) is 13.8. The number of aromatic nitrogens is 6. The second-order valence-electron chi connectivity index (χ2n) is 7.49. The Balaban J connectivity index is 1.50. The number of nitrogens with one attached hydrogen (secondary N) is 1. The van der Waals surface area contributed by atoms with E-state index in [0.29, 0.717) is 29.3 Å². The molecule has 0 atom stereocenters. The van der Waals surface area contributed by atoms with Gasteiger partial charge in [-0.15, -0.1) is 0 Å². The molecule has 30 heavy (non-hydrogen) atoms. The Morgan fingerprint density at radius 1 is 1.13 bits per heavy atom. The van der Waals surface area contributed by atoms with Crippen molar-refractivity contribution in [3.05, 3.63) is 60.2 Å². The van der Waals surface area contributed by atoms with Crippen molar-refractivity contribution in [1.29, 1.82) is 0 Å². The van der Waals surface area contributed by atoms with Gasteiger partial charge >= 0.3 is 0 Å². The monoisotopic (exact) mass is 392 g/mol. The van der Waals surface area contributed by atoms with Gasteiger partial charge in [0.05, 0.1) is 17.9 Å². The number of nitrogens with zero attached hydrogens (tertiary/aromatic N) is 6. The molecule has 0 unspecified atom stereocenters. The average molecular weight is 392 g/mol. The van der Waals surface area contributed by atoms with E-state index in [1.165, 1.54) is 0 Å². The van der Waals surface area contributed by atoms with E-state index in [1.807, 2.05) is 36.7 Å². The van der Waals surface area contributed by atoms with Crippen LogP contribution in [0, 0.1) is 0 Å². The van der Waals surface area contributed by atoms with Gasteiger partial charge in [-0.1, -0.05) is 18.2 Å². The molecule has 0 aliphatic carbocycles. The SMILES string of the molecule is [B]c1c(N2CCc3[nH]ncc3C2)nc2c(-c3cnc4ccccc4c3)cnn2c1N. The van der Waals surface area contributed by atoms with Crippen LogP contribution in [0.4, 0.5) is 11.6 Å². The number of H-pyrrole nitrogens is 1. The van der Waals surface area contributed by atoms with Gasteiger partial charge in [-0.3, -0.25) is 10.1 Å². The highest BCUT2D eigenvalue weighted by atomic mass is 15.3. The third kappa shape index (κ3) is 2.48. The zero-order valence-electron chi connectivity index (χ0n) is 16.1. The fourth-order valence-corrected chi connectivity index (χ4v) is 4.08. The van der Waals surface area contributed by atoms with Gasteiger partial charge in [0, 0.05) is 53.5 Å². The highest BCUT2D eigenvalue weighted by Crippen LogP contribution is 2.29. The number of benzene rings is 1. The summed E-state index contributed by atoms with van der Waals surface area (Å²) in [6, 6.07) is 10.1. The fourth-order valence-electron chi connectivity index (χ4n) is 4.08. The Morgan fingerprint density at radius 3 is 2.97 bits per heavy atom. The summed E-state index contributed by atoms with van der Waals surface area (Å²) >= 11 is 0. The number of rotatable bonds is 2. The second-order valence-corrected chi connectivity index (χ2v) is 7.49. The van der Waals surface area contributed by atoms with Gasteiger partial charge in [-0.05, 0) is 17.6 Å². The quantitative estimate of drug-likeness (QED) is 0.443. The van der Waals surface area contributed by atoms with Crippen molar-refractivity contribution >= 4 is 41.5 Å². The summed E-state index contributed by atoms with van der Waals surface area (Å²) in [7, 11) is 6.37. The smallest absolute Gasteiger partial charge is 0.167 e. The van der Waals surface area contributed by atoms with E-state index in [1.54, 1.807) is 10.7 Å². The first kappa shape index (κ1) is 17.0. The number of hydrogen-bond acceptors (Lipinski definition) is 6. The number of para-hydroxylation sites is 1. The Morgan fingerprint density at radius 2 is 2.03 bits per heavy atom. The van der Waals surface area contributed by atoms with Gasteiger partial charge in [0.25, 0.3) is 0 Å². The molecule has 1 aliphatic heterocycles. The Hall–Kier alpha value is -3.88. The van der Waals surface area contributed by atoms with Crippen molar-refractivity contribution in [2.45, 2.75) is 13.0 Å². The molecule has 0 bridgehead atoms. The Bertz CT molecular complexity index is 1420. The van der Waals surface area contributed by atoms with Crippen LogP contribution in [0.2, 0.25) is 0 Å². The van der Waals surface area contributed by atoms with E-state index in [0.717, 1.165) is 46.3 Å². The standard InChI is InChI=1S/C21H17BN8/c22-18-19(23)30-20(27-21(18)29-6-5-17-14(11-29)9-25-28-17)15(10-26-30)13-7-12-3-1-2-4-16(12)24-8-13/h1-4,7-10H,5-6,11,23H2,(H,25,28). The minimum absolute atomic E-state index is 0.382. The molecule has 1 aliphatic rings. The first-order chi connectivity index (χ1) is 14.7. The number of aromatic amines is 1. The maximum Gasteiger partial charge on any atom is 0.167 e. The van der Waals surface area contributed by atoms with Crippen LogP contribution in [-0.2, 0) is 13.0 Å². The van der Waals surface area contributed by atoms with Gasteiger partial charge in [-0.25, -0.2) is 4.98 Å². The highest BCUT2D eigenvalue weighted by molar-refractivity contribution is 6.38. The van der Waals surface area contributed by atoms with E-state index in [2.05, 4.69) is 31.2 Å². The number of nitrogen functional groups attached to an aromatic ring is 1. The van der Waals surface area contributed by atoms with Crippen molar-refractivity contribution in [3.8, 4) is 11.1 Å². The van der Waals surface area contributed by atoms with Gasteiger partial charge in [-0.2, -0.15) is 14.7 Å². The predicted molar refractivity (Wildman–Crippen MR) is 117 cm³/mol. The molecule has 1 aromatic carbocycles. The fraction of sp³-hybridized carbons (Fsp3) is 0.143. The third-order valence-electron chi connectivity index (χ3n) is 5.70. The number of hydrogen-bond donors (Lipinski definition) is 2. The van der Waals surface area contributed by atoms with Crippen molar-refractivity contribution in [1.82, 2.24) is 29.8 Å². The molecule has 144 valence electrons. The minimum atomic E-state index is 0.382.